The molecule has 0 radical (unpaired) electrons. The van der Waals surface area contributed by atoms with Crippen LogP contribution in [-0.2, 0) is 6.54 Å². The lowest BCUT2D eigenvalue weighted by molar-refractivity contribution is 0.336. The summed E-state index contributed by atoms with van der Waals surface area (Å²) < 4.78 is 7.49. The summed E-state index contributed by atoms with van der Waals surface area (Å²) in [7, 11) is 0. The molecular formula is C14H17Br2NO. The van der Waals surface area contributed by atoms with Gasteiger partial charge in [-0.3, -0.25) is 0 Å². The van der Waals surface area contributed by atoms with E-state index in [9.17, 15) is 0 Å². The zero-order valence-electron chi connectivity index (χ0n) is 10.4. The Morgan fingerprint density at radius 2 is 2.00 bits per heavy atom. The molecule has 1 N–H and O–H groups in total. The summed E-state index contributed by atoms with van der Waals surface area (Å²) in [5.41, 5.74) is 1.21. The monoisotopic (exact) mass is 373 g/mol. The average molecular weight is 375 g/mol. The highest BCUT2D eigenvalue weighted by Crippen LogP contribution is 2.34. The highest BCUT2D eigenvalue weighted by atomic mass is 79.9. The second-order valence-corrected chi connectivity index (χ2v) is 5.51. The number of nitrogens with one attached hydrogen (secondary N) is 1. The van der Waals surface area contributed by atoms with Crippen molar-refractivity contribution in [1.29, 1.82) is 0 Å². The number of halogens is 2. The lowest BCUT2D eigenvalue weighted by Gasteiger charge is -2.11. The van der Waals surface area contributed by atoms with E-state index >= 15 is 0 Å². The summed E-state index contributed by atoms with van der Waals surface area (Å²) in [4.78, 5) is 0. The molecule has 0 aliphatic rings. The second-order valence-electron chi connectivity index (χ2n) is 3.81. The number of hydrogen-bond donors (Lipinski definition) is 1. The van der Waals surface area contributed by atoms with Gasteiger partial charge in [-0.2, -0.15) is 0 Å². The van der Waals surface area contributed by atoms with Crippen LogP contribution in [-0.4, -0.2) is 13.2 Å². The van der Waals surface area contributed by atoms with E-state index in [1.165, 1.54) is 5.56 Å². The van der Waals surface area contributed by atoms with E-state index in [1.807, 2.05) is 6.92 Å². The zero-order chi connectivity index (χ0) is 13.4. The minimum Gasteiger partial charge on any atom is -0.492 e. The van der Waals surface area contributed by atoms with Crippen molar-refractivity contribution < 1.29 is 4.74 Å². The molecule has 0 aliphatic heterocycles. The van der Waals surface area contributed by atoms with E-state index < -0.39 is 0 Å². The normalized spacial score (nSPS) is 10.1. The van der Waals surface area contributed by atoms with Gasteiger partial charge >= 0.3 is 0 Å². The Hall–Kier alpha value is -0.500. The SMILES string of the molecule is C#CCCCNCc1cc(Br)c(OCC)c(Br)c1. The minimum absolute atomic E-state index is 0.654. The molecule has 0 amide bonds. The highest BCUT2D eigenvalue weighted by molar-refractivity contribution is 9.11. The number of rotatable bonds is 7. The van der Waals surface area contributed by atoms with E-state index in [4.69, 9.17) is 11.2 Å². The quantitative estimate of drug-likeness (QED) is 0.572. The molecule has 0 heterocycles. The molecule has 1 aromatic carbocycles. The van der Waals surface area contributed by atoms with E-state index in [1.54, 1.807) is 0 Å². The van der Waals surface area contributed by atoms with Crippen LogP contribution in [0.3, 0.4) is 0 Å². The van der Waals surface area contributed by atoms with Gasteiger partial charge in [-0.05, 0) is 69.4 Å². The van der Waals surface area contributed by atoms with E-state index in [0.717, 1.165) is 40.6 Å². The number of ether oxygens (including phenoxy) is 1. The van der Waals surface area contributed by atoms with Crippen LogP contribution in [0.2, 0.25) is 0 Å². The first-order valence-electron chi connectivity index (χ1n) is 5.94. The smallest absolute Gasteiger partial charge is 0.147 e. The van der Waals surface area contributed by atoms with Crippen molar-refractivity contribution in [2.75, 3.05) is 13.2 Å². The number of hydrogen-bond acceptors (Lipinski definition) is 2. The molecule has 0 fully saturated rings. The van der Waals surface area contributed by atoms with Crippen LogP contribution in [0, 0.1) is 12.3 Å². The summed E-state index contributed by atoms with van der Waals surface area (Å²) in [6.45, 7) is 4.39. The van der Waals surface area contributed by atoms with Crippen LogP contribution in [0.25, 0.3) is 0 Å². The molecule has 0 aliphatic carbocycles. The molecule has 18 heavy (non-hydrogen) atoms. The summed E-state index contributed by atoms with van der Waals surface area (Å²) in [5.74, 6) is 3.49. The van der Waals surface area contributed by atoms with Gasteiger partial charge in [-0.25, -0.2) is 0 Å². The van der Waals surface area contributed by atoms with E-state index in [0.29, 0.717) is 6.61 Å². The standard InChI is InChI=1S/C14H17Br2NO/c1-3-5-6-7-17-10-11-8-12(15)14(18-4-2)13(16)9-11/h1,8-9,17H,4-7,10H2,2H3. The van der Waals surface area contributed by atoms with Gasteiger partial charge in [0.1, 0.15) is 5.75 Å². The summed E-state index contributed by atoms with van der Waals surface area (Å²) in [6, 6.07) is 4.15. The number of terminal acetylenes is 1. The lowest BCUT2D eigenvalue weighted by Crippen LogP contribution is -2.14. The largest absolute Gasteiger partial charge is 0.492 e. The van der Waals surface area contributed by atoms with Crippen molar-refractivity contribution >= 4 is 31.9 Å². The summed E-state index contributed by atoms with van der Waals surface area (Å²) in [5, 5.41) is 3.36. The van der Waals surface area contributed by atoms with Crippen LogP contribution >= 0.6 is 31.9 Å². The molecule has 4 heteroatoms. The minimum atomic E-state index is 0.654. The van der Waals surface area contributed by atoms with Gasteiger partial charge in [0.15, 0.2) is 0 Å². The van der Waals surface area contributed by atoms with Gasteiger partial charge in [0.05, 0.1) is 15.6 Å². The summed E-state index contributed by atoms with van der Waals surface area (Å²) >= 11 is 7.05. The Morgan fingerprint density at radius 3 is 2.56 bits per heavy atom. The van der Waals surface area contributed by atoms with Crippen LogP contribution in [0.5, 0.6) is 5.75 Å². The van der Waals surface area contributed by atoms with Crippen molar-refractivity contribution in [2.45, 2.75) is 26.3 Å². The zero-order valence-corrected chi connectivity index (χ0v) is 13.6. The predicted octanol–water partition coefficient (Wildman–Crippen LogP) is 4.11. The first kappa shape index (κ1) is 15.6. The maximum Gasteiger partial charge on any atom is 0.147 e. The topological polar surface area (TPSA) is 21.3 Å². The van der Waals surface area contributed by atoms with Crippen LogP contribution in [0.1, 0.15) is 25.3 Å². The van der Waals surface area contributed by atoms with Crippen molar-refractivity contribution in [2.24, 2.45) is 0 Å². The Kier molecular flexibility index (Phi) is 7.41. The fourth-order valence-electron chi connectivity index (χ4n) is 1.54. The molecule has 1 rings (SSSR count). The molecule has 0 saturated heterocycles. The predicted molar refractivity (Wildman–Crippen MR) is 82.8 cm³/mol. The first-order chi connectivity index (χ1) is 8.69. The Bertz CT molecular complexity index is 403. The van der Waals surface area contributed by atoms with Crippen LogP contribution < -0.4 is 10.1 Å². The molecule has 2 nitrogen and oxygen atoms in total. The van der Waals surface area contributed by atoms with Gasteiger partial charge in [0.25, 0.3) is 0 Å². The highest BCUT2D eigenvalue weighted by Gasteiger charge is 2.08. The van der Waals surface area contributed by atoms with Gasteiger partial charge in [-0.15, -0.1) is 12.3 Å². The van der Waals surface area contributed by atoms with Gasteiger partial charge in [0.2, 0.25) is 0 Å². The lowest BCUT2D eigenvalue weighted by atomic mass is 10.2. The fourth-order valence-corrected chi connectivity index (χ4v) is 3.06. The third-order valence-electron chi connectivity index (χ3n) is 2.35. The van der Waals surface area contributed by atoms with Crippen LogP contribution in [0.4, 0.5) is 0 Å². The number of benzene rings is 1. The fraction of sp³-hybridized carbons (Fsp3) is 0.429. The third kappa shape index (κ3) is 5.01. The Morgan fingerprint density at radius 1 is 1.33 bits per heavy atom. The molecule has 1 aromatic rings. The number of unbranched alkanes of at least 4 members (excludes halogenated alkanes) is 1. The molecule has 0 atom stereocenters. The molecule has 0 aromatic heterocycles. The molecular weight excluding hydrogens is 358 g/mol. The van der Waals surface area contributed by atoms with Crippen molar-refractivity contribution in [1.82, 2.24) is 5.32 Å². The molecule has 0 saturated carbocycles. The third-order valence-corrected chi connectivity index (χ3v) is 3.53. The van der Waals surface area contributed by atoms with Gasteiger partial charge in [-0.1, -0.05) is 0 Å². The van der Waals surface area contributed by atoms with Crippen molar-refractivity contribution in [3.05, 3.63) is 26.6 Å². The average Bonchev–Trinajstić information content (AvgIpc) is 2.33. The maximum absolute atomic E-state index is 5.54. The van der Waals surface area contributed by atoms with Crippen LogP contribution in [0.15, 0.2) is 21.1 Å². The first-order valence-corrected chi connectivity index (χ1v) is 7.52. The molecule has 0 spiro atoms. The Labute approximate surface area is 126 Å². The maximum atomic E-state index is 5.54. The van der Waals surface area contributed by atoms with Crippen molar-refractivity contribution in [3.63, 3.8) is 0 Å². The molecule has 98 valence electrons. The van der Waals surface area contributed by atoms with Crippen molar-refractivity contribution in [3.8, 4) is 18.1 Å². The molecule has 0 bridgehead atoms. The van der Waals surface area contributed by atoms with Gasteiger partial charge in [0, 0.05) is 13.0 Å². The second kappa shape index (κ2) is 8.58. The summed E-state index contributed by atoms with van der Waals surface area (Å²) in [6.07, 6.45) is 7.04. The van der Waals surface area contributed by atoms with Gasteiger partial charge < -0.3 is 10.1 Å². The van der Waals surface area contributed by atoms with E-state index in [-0.39, 0.29) is 0 Å². The Balaban J connectivity index is 2.55. The van der Waals surface area contributed by atoms with E-state index in [2.05, 4.69) is 55.2 Å². The molecule has 0 unspecified atom stereocenters.